The highest BCUT2D eigenvalue weighted by Crippen LogP contribution is 2.27. The van der Waals surface area contributed by atoms with Gasteiger partial charge < -0.3 is 10.6 Å². The van der Waals surface area contributed by atoms with Crippen molar-refractivity contribution in [2.24, 2.45) is 5.73 Å². The number of rotatable bonds is 9. The lowest BCUT2D eigenvalue weighted by Crippen LogP contribution is -2.34. The molecule has 16 heavy (non-hydrogen) atoms. The molecule has 1 rings (SSSR count). The van der Waals surface area contributed by atoms with Gasteiger partial charge in [-0.25, -0.2) is 0 Å². The second-order valence-corrected chi connectivity index (χ2v) is 4.77. The number of nitrogens with two attached hydrogens (primary N) is 1. The third kappa shape index (κ3) is 4.97. The summed E-state index contributed by atoms with van der Waals surface area (Å²) >= 11 is 0. The van der Waals surface area contributed by atoms with Crippen molar-refractivity contribution in [1.82, 2.24) is 4.90 Å². The molecule has 0 aromatic rings. The van der Waals surface area contributed by atoms with Gasteiger partial charge in [0.05, 0.1) is 0 Å². The smallest absolute Gasteiger partial charge is 0.222 e. The van der Waals surface area contributed by atoms with Crippen LogP contribution >= 0.6 is 0 Å². The Morgan fingerprint density at radius 3 is 2.56 bits per heavy atom. The van der Waals surface area contributed by atoms with Gasteiger partial charge in [0.2, 0.25) is 5.91 Å². The fraction of sp³-hybridized carbons (Fsp3) is 0.923. The Bertz CT molecular complexity index is 202. The van der Waals surface area contributed by atoms with Crippen LogP contribution < -0.4 is 5.73 Å². The molecule has 0 radical (unpaired) electrons. The minimum atomic E-state index is 0.354. The molecular weight excluding hydrogens is 200 g/mol. The van der Waals surface area contributed by atoms with E-state index in [1.54, 1.807) is 0 Å². The zero-order valence-corrected chi connectivity index (χ0v) is 10.6. The predicted octanol–water partition coefficient (Wildman–Crippen LogP) is 2.30. The van der Waals surface area contributed by atoms with Crippen LogP contribution in [0.1, 0.15) is 58.3 Å². The van der Waals surface area contributed by atoms with Crippen molar-refractivity contribution >= 4 is 5.91 Å². The molecule has 0 heterocycles. The van der Waals surface area contributed by atoms with E-state index in [1.165, 1.54) is 32.1 Å². The number of carbonyl (C=O) groups excluding carboxylic acids is 1. The van der Waals surface area contributed by atoms with Crippen molar-refractivity contribution in [3.8, 4) is 0 Å². The second kappa shape index (κ2) is 7.66. The fourth-order valence-electron chi connectivity index (χ4n) is 2.01. The summed E-state index contributed by atoms with van der Waals surface area (Å²) in [5.41, 5.74) is 5.50. The van der Waals surface area contributed by atoms with E-state index in [2.05, 4.69) is 11.8 Å². The standard InChI is InChI=1S/C13H26N2O/c1-2-3-4-5-7-13(16)15(11-6-10-14)12-8-9-12/h12H,2-11,14H2,1H3. The summed E-state index contributed by atoms with van der Waals surface area (Å²) in [5, 5.41) is 0. The maximum atomic E-state index is 12.0. The van der Waals surface area contributed by atoms with Crippen LogP contribution in [0.5, 0.6) is 0 Å². The third-order valence-corrected chi connectivity index (χ3v) is 3.16. The first kappa shape index (κ1) is 13.5. The van der Waals surface area contributed by atoms with Crippen LogP contribution in [-0.4, -0.2) is 29.9 Å². The quantitative estimate of drug-likeness (QED) is 0.613. The topological polar surface area (TPSA) is 46.3 Å². The average molecular weight is 226 g/mol. The van der Waals surface area contributed by atoms with Gasteiger partial charge >= 0.3 is 0 Å². The van der Waals surface area contributed by atoms with Crippen molar-refractivity contribution in [2.75, 3.05) is 13.1 Å². The molecule has 3 heteroatoms. The zero-order valence-electron chi connectivity index (χ0n) is 10.6. The average Bonchev–Trinajstić information content (AvgIpc) is 3.09. The molecule has 2 N–H and O–H groups in total. The van der Waals surface area contributed by atoms with Gasteiger partial charge in [-0.2, -0.15) is 0 Å². The van der Waals surface area contributed by atoms with Gasteiger partial charge in [0.15, 0.2) is 0 Å². The van der Waals surface area contributed by atoms with E-state index in [4.69, 9.17) is 5.73 Å². The molecule has 1 fully saturated rings. The molecule has 1 aliphatic carbocycles. The van der Waals surface area contributed by atoms with Gasteiger partial charge in [0.1, 0.15) is 0 Å². The Kier molecular flexibility index (Phi) is 6.46. The highest BCUT2D eigenvalue weighted by atomic mass is 16.2. The summed E-state index contributed by atoms with van der Waals surface area (Å²) in [5.74, 6) is 0.354. The monoisotopic (exact) mass is 226 g/mol. The van der Waals surface area contributed by atoms with Crippen LogP contribution in [0.2, 0.25) is 0 Å². The first-order valence-corrected chi connectivity index (χ1v) is 6.79. The van der Waals surface area contributed by atoms with E-state index < -0.39 is 0 Å². The van der Waals surface area contributed by atoms with Crippen molar-refractivity contribution in [1.29, 1.82) is 0 Å². The Hall–Kier alpha value is -0.570. The minimum Gasteiger partial charge on any atom is -0.340 e. The molecule has 3 nitrogen and oxygen atoms in total. The number of nitrogens with zero attached hydrogens (tertiary/aromatic N) is 1. The molecule has 0 saturated heterocycles. The van der Waals surface area contributed by atoms with Crippen molar-refractivity contribution in [3.63, 3.8) is 0 Å². The minimum absolute atomic E-state index is 0.354. The number of hydrogen-bond acceptors (Lipinski definition) is 2. The van der Waals surface area contributed by atoms with Crippen LogP contribution in [0.25, 0.3) is 0 Å². The fourth-order valence-corrected chi connectivity index (χ4v) is 2.01. The molecule has 1 saturated carbocycles. The summed E-state index contributed by atoms with van der Waals surface area (Å²) < 4.78 is 0. The molecule has 1 aliphatic rings. The molecule has 1 amide bonds. The lowest BCUT2D eigenvalue weighted by atomic mass is 10.1. The second-order valence-electron chi connectivity index (χ2n) is 4.77. The first-order valence-electron chi connectivity index (χ1n) is 6.79. The largest absolute Gasteiger partial charge is 0.340 e. The number of carbonyl (C=O) groups is 1. The maximum absolute atomic E-state index is 12.0. The molecule has 0 aromatic heterocycles. The highest BCUT2D eigenvalue weighted by Gasteiger charge is 2.31. The van der Waals surface area contributed by atoms with Crippen LogP contribution in [0, 0.1) is 0 Å². The Morgan fingerprint density at radius 2 is 2.00 bits per heavy atom. The van der Waals surface area contributed by atoms with Crippen LogP contribution in [-0.2, 0) is 4.79 Å². The maximum Gasteiger partial charge on any atom is 0.222 e. The van der Waals surface area contributed by atoms with Gasteiger partial charge in [-0.3, -0.25) is 4.79 Å². The lowest BCUT2D eigenvalue weighted by molar-refractivity contribution is -0.131. The molecule has 0 unspecified atom stereocenters. The Labute approximate surface area is 99.4 Å². The van der Waals surface area contributed by atoms with Crippen molar-refractivity contribution in [2.45, 2.75) is 64.3 Å². The van der Waals surface area contributed by atoms with Gasteiger partial charge in [0.25, 0.3) is 0 Å². The predicted molar refractivity (Wildman–Crippen MR) is 67.2 cm³/mol. The number of hydrogen-bond donors (Lipinski definition) is 1. The molecular formula is C13H26N2O. The summed E-state index contributed by atoms with van der Waals surface area (Å²) in [4.78, 5) is 14.0. The summed E-state index contributed by atoms with van der Waals surface area (Å²) in [7, 11) is 0. The molecule has 0 aromatic carbocycles. The van der Waals surface area contributed by atoms with Gasteiger partial charge in [-0.1, -0.05) is 26.2 Å². The van der Waals surface area contributed by atoms with Gasteiger partial charge in [0, 0.05) is 19.0 Å². The Morgan fingerprint density at radius 1 is 1.25 bits per heavy atom. The first-order chi connectivity index (χ1) is 7.79. The summed E-state index contributed by atoms with van der Waals surface area (Å²) in [6.07, 6.45) is 8.80. The van der Waals surface area contributed by atoms with E-state index >= 15 is 0 Å². The van der Waals surface area contributed by atoms with E-state index in [1.807, 2.05) is 0 Å². The molecule has 0 aliphatic heterocycles. The molecule has 0 bridgehead atoms. The van der Waals surface area contributed by atoms with E-state index in [-0.39, 0.29) is 0 Å². The molecule has 0 spiro atoms. The van der Waals surface area contributed by atoms with Crippen molar-refractivity contribution in [3.05, 3.63) is 0 Å². The van der Waals surface area contributed by atoms with Crippen LogP contribution in [0.3, 0.4) is 0 Å². The van der Waals surface area contributed by atoms with Gasteiger partial charge in [-0.05, 0) is 32.2 Å². The van der Waals surface area contributed by atoms with E-state index in [0.29, 0.717) is 18.5 Å². The normalized spacial score (nSPS) is 15.1. The third-order valence-electron chi connectivity index (χ3n) is 3.16. The number of amides is 1. The SMILES string of the molecule is CCCCCCC(=O)N(CCCN)C1CC1. The molecule has 94 valence electrons. The van der Waals surface area contributed by atoms with Crippen LogP contribution in [0.15, 0.2) is 0 Å². The molecule has 0 atom stereocenters. The zero-order chi connectivity index (χ0) is 11.8. The van der Waals surface area contributed by atoms with Gasteiger partial charge in [-0.15, -0.1) is 0 Å². The van der Waals surface area contributed by atoms with Crippen molar-refractivity contribution < 1.29 is 4.79 Å². The highest BCUT2D eigenvalue weighted by molar-refractivity contribution is 5.76. The lowest BCUT2D eigenvalue weighted by Gasteiger charge is -2.22. The number of unbranched alkanes of at least 4 members (excludes halogenated alkanes) is 3. The van der Waals surface area contributed by atoms with Crippen LogP contribution in [0.4, 0.5) is 0 Å². The summed E-state index contributed by atoms with van der Waals surface area (Å²) in [6.45, 7) is 3.75. The van der Waals surface area contributed by atoms with E-state index in [0.717, 1.165) is 25.8 Å². The Balaban J connectivity index is 2.19. The summed E-state index contributed by atoms with van der Waals surface area (Å²) in [6, 6.07) is 0.547. The van der Waals surface area contributed by atoms with E-state index in [9.17, 15) is 4.79 Å².